The van der Waals surface area contributed by atoms with Crippen molar-refractivity contribution in [3.63, 3.8) is 0 Å². The Morgan fingerprint density at radius 2 is 1.86 bits per heavy atom. The SMILES string of the molecule is CCNC(=NCC(C)c1cccs1)NC1CCC(NC(=O)OC(C)(C)C)CC1.I. The van der Waals surface area contributed by atoms with Gasteiger partial charge in [0.25, 0.3) is 0 Å². The van der Waals surface area contributed by atoms with Crippen molar-refractivity contribution >= 4 is 47.4 Å². The van der Waals surface area contributed by atoms with Crippen LogP contribution in [0.15, 0.2) is 22.5 Å². The Kier molecular flexibility index (Phi) is 11.3. The molecule has 1 aliphatic rings. The molecule has 1 aromatic rings. The molecule has 0 bridgehead atoms. The maximum absolute atomic E-state index is 11.9. The first kappa shape index (κ1) is 26.0. The van der Waals surface area contributed by atoms with Gasteiger partial charge in [-0.1, -0.05) is 13.0 Å². The molecular weight excluding hydrogens is 499 g/mol. The van der Waals surface area contributed by atoms with Crippen LogP contribution in [0.3, 0.4) is 0 Å². The summed E-state index contributed by atoms with van der Waals surface area (Å²) in [5.74, 6) is 1.30. The minimum Gasteiger partial charge on any atom is -0.444 e. The maximum atomic E-state index is 11.9. The molecule has 1 heterocycles. The van der Waals surface area contributed by atoms with Crippen LogP contribution in [0.1, 0.15) is 71.1 Å². The number of nitrogens with zero attached hydrogens (tertiary/aromatic N) is 1. The Morgan fingerprint density at radius 1 is 1.24 bits per heavy atom. The Labute approximate surface area is 196 Å². The number of guanidine groups is 1. The van der Waals surface area contributed by atoms with Gasteiger partial charge in [0.05, 0.1) is 6.54 Å². The molecule has 0 aromatic carbocycles. The highest BCUT2D eigenvalue weighted by molar-refractivity contribution is 14.0. The number of carbonyl (C=O) groups excluding carboxylic acids is 1. The minimum atomic E-state index is -0.458. The molecule has 0 spiro atoms. The number of thiophene rings is 1. The molecule has 1 fully saturated rings. The zero-order valence-electron chi connectivity index (χ0n) is 18.3. The zero-order chi connectivity index (χ0) is 20.6. The van der Waals surface area contributed by atoms with Crippen LogP contribution in [0, 0.1) is 0 Å². The molecule has 0 saturated heterocycles. The van der Waals surface area contributed by atoms with Gasteiger partial charge >= 0.3 is 6.09 Å². The van der Waals surface area contributed by atoms with E-state index in [1.807, 2.05) is 20.8 Å². The first-order valence-electron chi connectivity index (χ1n) is 10.3. The summed E-state index contributed by atoms with van der Waals surface area (Å²) < 4.78 is 5.35. The van der Waals surface area contributed by atoms with Crippen molar-refractivity contribution in [2.45, 2.75) is 83.9 Å². The number of hydrogen-bond donors (Lipinski definition) is 3. The van der Waals surface area contributed by atoms with Gasteiger partial charge in [-0.2, -0.15) is 0 Å². The number of ether oxygens (including phenoxy) is 1. The molecule has 1 unspecified atom stereocenters. The molecule has 0 aliphatic heterocycles. The monoisotopic (exact) mass is 536 g/mol. The maximum Gasteiger partial charge on any atom is 0.407 e. The lowest BCUT2D eigenvalue weighted by Crippen LogP contribution is -2.48. The van der Waals surface area contributed by atoms with E-state index in [4.69, 9.17) is 9.73 Å². The van der Waals surface area contributed by atoms with Crippen LogP contribution >= 0.6 is 35.3 Å². The fraction of sp³-hybridized carbons (Fsp3) is 0.714. The third-order valence-corrected chi connectivity index (χ3v) is 5.79. The molecule has 29 heavy (non-hydrogen) atoms. The van der Waals surface area contributed by atoms with Gasteiger partial charge in [-0.15, -0.1) is 35.3 Å². The van der Waals surface area contributed by atoms with Crippen LogP contribution in [-0.4, -0.2) is 42.8 Å². The van der Waals surface area contributed by atoms with Gasteiger partial charge in [0.1, 0.15) is 5.60 Å². The van der Waals surface area contributed by atoms with E-state index in [0.29, 0.717) is 12.0 Å². The van der Waals surface area contributed by atoms with E-state index in [-0.39, 0.29) is 36.1 Å². The molecular formula is C21H37IN4O2S. The van der Waals surface area contributed by atoms with Crippen molar-refractivity contribution in [2.24, 2.45) is 4.99 Å². The normalized spacial score (nSPS) is 20.9. The molecule has 1 aromatic heterocycles. The molecule has 2 rings (SSSR count). The molecule has 1 amide bonds. The van der Waals surface area contributed by atoms with E-state index in [1.165, 1.54) is 4.88 Å². The molecule has 0 radical (unpaired) electrons. The Morgan fingerprint density at radius 3 is 2.38 bits per heavy atom. The lowest BCUT2D eigenvalue weighted by Gasteiger charge is -2.31. The van der Waals surface area contributed by atoms with Crippen molar-refractivity contribution in [2.75, 3.05) is 13.1 Å². The zero-order valence-corrected chi connectivity index (χ0v) is 21.4. The van der Waals surface area contributed by atoms with Gasteiger partial charge in [0.2, 0.25) is 0 Å². The molecule has 3 N–H and O–H groups in total. The van der Waals surface area contributed by atoms with E-state index in [9.17, 15) is 4.79 Å². The van der Waals surface area contributed by atoms with Crippen LogP contribution in [0.2, 0.25) is 0 Å². The largest absolute Gasteiger partial charge is 0.444 e. The predicted octanol–water partition coefficient (Wildman–Crippen LogP) is 4.86. The molecule has 1 atom stereocenters. The Bertz CT molecular complexity index is 623. The smallest absolute Gasteiger partial charge is 0.407 e. The summed E-state index contributed by atoms with van der Waals surface area (Å²) in [6, 6.07) is 4.83. The Hall–Kier alpha value is -1.03. The molecule has 6 nitrogen and oxygen atoms in total. The van der Waals surface area contributed by atoms with Gasteiger partial charge in [0, 0.05) is 29.4 Å². The van der Waals surface area contributed by atoms with Gasteiger partial charge in [-0.3, -0.25) is 4.99 Å². The van der Waals surface area contributed by atoms with Crippen LogP contribution < -0.4 is 16.0 Å². The third-order valence-electron chi connectivity index (χ3n) is 4.69. The van der Waals surface area contributed by atoms with Crippen LogP contribution in [0.25, 0.3) is 0 Å². The van der Waals surface area contributed by atoms with Gasteiger partial charge in [-0.25, -0.2) is 4.79 Å². The number of aliphatic imine (C=N–C) groups is 1. The van der Waals surface area contributed by atoms with Crippen molar-refractivity contribution < 1.29 is 9.53 Å². The second kappa shape index (κ2) is 12.6. The van der Waals surface area contributed by atoms with Crippen LogP contribution in [0.4, 0.5) is 4.79 Å². The fourth-order valence-electron chi connectivity index (χ4n) is 3.26. The summed E-state index contributed by atoms with van der Waals surface area (Å²) in [6.45, 7) is 11.6. The average molecular weight is 537 g/mol. The third kappa shape index (κ3) is 10.0. The topological polar surface area (TPSA) is 74.8 Å². The second-order valence-electron chi connectivity index (χ2n) is 8.48. The standard InChI is InChI=1S/C21H36N4O2S.HI/c1-6-22-19(23-14-15(2)18-8-7-13-28-18)24-16-9-11-17(12-10-16)25-20(26)27-21(3,4)5;/h7-8,13,15-17H,6,9-12,14H2,1-5H3,(H,25,26)(H2,22,23,24);1H. The summed E-state index contributed by atoms with van der Waals surface area (Å²) in [5.41, 5.74) is -0.458. The molecule has 166 valence electrons. The number of amides is 1. The number of halogens is 1. The van der Waals surface area contributed by atoms with Crippen molar-refractivity contribution in [1.29, 1.82) is 0 Å². The molecule has 8 heteroatoms. The highest BCUT2D eigenvalue weighted by atomic mass is 127. The predicted molar refractivity (Wildman–Crippen MR) is 133 cm³/mol. The van der Waals surface area contributed by atoms with Crippen molar-refractivity contribution in [1.82, 2.24) is 16.0 Å². The summed E-state index contributed by atoms with van der Waals surface area (Å²) in [5, 5.41) is 12.0. The summed E-state index contributed by atoms with van der Waals surface area (Å²) in [7, 11) is 0. The summed E-state index contributed by atoms with van der Waals surface area (Å²) in [6.07, 6.45) is 3.59. The first-order chi connectivity index (χ1) is 13.3. The number of nitrogens with one attached hydrogen (secondary N) is 3. The quantitative estimate of drug-likeness (QED) is 0.276. The minimum absolute atomic E-state index is 0. The Balaban J connectivity index is 0.00000420. The number of rotatable bonds is 6. The average Bonchev–Trinajstić information content (AvgIpc) is 3.14. The van der Waals surface area contributed by atoms with Crippen molar-refractivity contribution in [3.8, 4) is 0 Å². The van der Waals surface area contributed by atoms with E-state index in [0.717, 1.165) is 44.7 Å². The number of alkyl carbamates (subject to hydrolysis) is 1. The van der Waals surface area contributed by atoms with E-state index >= 15 is 0 Å². The van der Waals surface area contributed by atoms with Gasteiger partial charge in [-0.05, 0) is 64.8 Å². The van der Waals surface area contributed by atoms with Gasteiger partial charge < -0.3 is 20.7 Å². The lowest BCUT2D eigenvalue weighted by molar-refractivity contribution is 0.0490. The van der Waals surface area contributed by atoms with Crippen LogP contribution in [-0.2, 0) is 4.74 Å². The van der Waals surface area contributed by atoms with Crippen molar-refractivity contribution in [3.05, 3.63) is 22.4 Å². The highest BCUT2D eigenvalue weighted by Gasteiger charge is 2.25. The first-order valence-corrected chi connectivity index (χ1v) is 11.2. The molecule has 1 aliphatic carbocycles. The summed E-state index contributed by atoms with van der Waals surface area (Å²) >= 11 is 1.79. The highest BCUT2D eigenvalue weighted by Crippen LogP contribution is 2.21. The van der Waals surface area contributed by atoms with E-state index < -0.39 is 5.60 Å². The summed E-state index contributed by atoms with van der Waals surface area (Å²) in [4.78, 5) is 18.1. The van der Waals surface area contributed by atoms with Crippen LogP contribution in [0.5, 0.6) is 0 Å². The van der Waals surface area contributed by atoms with Gasteiger partial charge in [0.15, 0.2) is 5.96 Å². The van der Waals surface area contributed by atoms with E-state index in [1.54, 1.807) is 11.3 Å². The molecule has 1 saturated carbocycles. The fourth-order valence-corrected chi connectivity index (χ4v) is 4.04. The number of carbonyl (C=O) groups is 1. The second-order valence-corrected chi connectivity index (χ2v) is 9.45. The number of hydrogen-bond acceptors (Lipinski definition) is 4. The van der Waals surface area contributed by atoms with E-state index in [2.05, 4.69) is 47.3 Å². The lowest BCUT2D eigenvalue weighted by atomic mass is 9.91.